The molecule has 1 aliphatic rings. The molecule has 1 fully saturated rings. The Hall–Kier alpha value is -1.87. The Labute approximate surface area is 151 Å². The predicted octanol–water partition coefficient (Wildman–Crippen LogP) is 1.54. The molecule has 0 aliphatic carbocycles. The Balaban J connectivity index is 2.09. The highest BCUT2D eigenvalue weighted by molar-refractivity contribution is 6.33. The zero-order valence-corrected chi connectivity index (χ0v) is 14.9. The number of aliphatic hydroxyl groups excluding tert-OH is 1. The number of likely N-dealkylation sites (N-methyl/N-ethyl adjacent to an activating group) is 1. The van der Waals surface area contributed by atoms with E-state index in [1.807, 2.05) is 6.92 Å². The van der Waals surface area contributed by atoms with E-state index in [0.717, 1.165) is 0 Å². The number of rotatable bonds is 6. The summed E-state index contributed by atoms with van der Waals surface area (Å²) >= 11 is 6.13. The number of hydrogen-bond donors (Lipinski definition) is 3. The van der Waals surface area contributed by atoms with Crippen molar-refractivity contribution in [3.63, 3.8) is 0 Å². The summed E-state index contributed by atoms with van der Waals surface area (Å²) in [6, 6.07) is 3.94. The topological polar surface area (TPSA) is 100 Å². The fourth-order valence-electron chi connectivity index (χ4n) is 2.57. The number of nitrogens with zero attached hydrogens (tertiary/aromatic N) is 1. The number of carbonyl (C=O) groups is 2. The van der Waals surface area contributed by atoms with Gasteiger partial charge in [0.05, 0.1) is 36.1 Å². The fourth-order valence-corrected chi connectivity index (χ4v) is 2.74. The number of anilines is 2. The van der Waals surface area contributed by atoms with Crippen LogP contribution >= 0.6 is 11.6 Å². The molecule has 1 aromatic carbocycles. The van der Waals surface area contributed by atoms with Crippen molar-refractivity contribution < 1.29 is 24.2 Å². The maximum Gasteiger partial charge on any atom is 0.322 e. The molecule has 1 aromatic rings. The molecule has 3 N–H and O–H groups in total. The first kappa shape index (κ1) is 19.5. The van der Waals surface area contributed by atoms with Gasteiger partial charge < -0.3 is 30.1 Å². The molecule has 1 saturated heterocycles. The van der Waals surface area contributed by atoms with Gasteiger partial charge in [-0.15, -0.1) is 0 Å². The first-order chi connectivity index (χ1) is 12.0. The molecular weight excluding hydrogens is 350 g/mol. The van der Waals surface area contributed by atoms with E-state index in [9.17, 15) is 14.7 Å². The zero-order valence-electron chi connectivity index (χ0n) is 14.1. The van der Waals surface area contributed by atoms with Gasteiger partial charge in [-0.1, -0.05) is 11.6 Å². The van der Waals surface area contributed by atoms with Crippen molar-refractivity contribution in [2.75, 3.05) is 44.1 Å². The number of ether oxygens (including phenoxy) is 2. The highest BCUT2D eigenvalue weighted by Crippen LogP contribution is 2.26. The van der Waals surface area contributed by atoms with E-state index < -0.39 is 18.2 Å². The van der Waals surface area contributed by atoms with Crippen LogP contribution in [0.15, 0.2) is 18.2 Å². The summed E-state index contributed by atoms with van der Waals surface area (Å²) in [6.07, 6.45) is -0.721. The van der Waals surface area contributed by atoms with Gasteiger partial charge in [0, 0.05) is 19.3 Å². The second-order valence-corrected chi connectivity index (χ2v) is 5.97. The van der Waals surface area contributed by atoms with E-state index in [-0.39, 0.29) is 25.7 Å². The zero-order chi connectivity index (χ0) is 18.4. The smallest absolute Gasteiger partial charge is 0.322 e. The summed E-state index contributed by atoms with van der Waals surface area (Å²) in [4.78, 5) is 25.6. The van der Waals surface area contributed by atoms with E-state index in [1.165, 1.54) is 12.0 Å². The Morgan fingerprint density at radius 3 is 2.76 bits per heavy atom. The lowest BCUT2D eigenvalue weighted by molar-refractivity contribution is -0.119. The van der Waals surface area contributed by atoms with Crippen LogP contribution < -0.4 is 10.6 Å². The molecule has 3 amide bonds. The summed E-state index contributed by atoms with van der Waals surface area (Å²) in [7, 11) is 1.42. The molecule has 0 bridgehead atoms. The number of hydrogen-bond acceptors (Lipinski definition) is 5. The first-order valence-corrected chi connectivity index (χ1v) is 8.25. The van der Waals surface area contributed by atoms with Crippen LogP contribution in [0.5, 0.6) is 0 Å². The first-order valence-electron chi connectivity index (χ1n) is 7.88. The van der Waals surface area contributed by atoms with Gasteiger partial charge in [-0.25, -0.2) is 4.79 Å². The molecule has 0 unspecified atom stereocenters. The Bertz CT molecular complexity index is 628. The van der Waals surface area contributed by atoms with E-state index in [4.69, 9.17) is 21.1 Å². The molecule has 1 aliphatic heterocycles. The van der Waals surface area contributed by atoms with Crippen LogP contribution in [0.1, 0.15) is 6.92 Å². The van der Waals surface area contributed by atoms with Crippen molar-refractivity contribution in [3.05, 3.63) is 23.2 Å². The number of halogens is 1. The summed E-state index contributed by atoms with van der Waals surface area (Å²) < 4.78 is 9.96. The fraction of sp³-hybridized carbons (Fsp3) is 0.500. The Morgan fingerprint density at radius 1 is 1.40 bits per heavy atom. The van der Waals surface area contributed by atoms with Crippen molar-refractivity contribution in [1.29, 1.82) is 0 Å². The molecule has 0 saturated carbocycles. The largest absolute Gasteiger partial charge is 0.388 e. The minimum absolute atomic E-state index is 0.0759. The SMILES string of the molecule is CCN(C(=O)Nc1cc(NC(=O)COC)ccc1Cl)[C@H]1COC[C@@H]1O. The lowest BCUT2D eigenvalue weighted by Crippen LogP contribution is -2.48. The molecule has 8 nitrogen and oxygen atoms in total. The maximum absolute atomic E-state index is 12.5. The third-order valence-electron chi connectivity index (χ3n) is 3.79. The third-order valence-corrected chi connectivity index (χ3v) is 4.12. The van der Waals surface area contributed by atoms with Crippen molar-refractivity contribution >= 4 is 34.9 Å². The minimum atomic E-state index is -0.721. The number of methoxy groups -OCH3 is 1. The van der Waals surface area contributed by atoms with Crippen LogP contribution in [0.25, 0.3) is 0 Å². The van der Waals surface area contributed by atoms with Crippen molar-refractivity contribution in [2.24, 2.45) is 0 Å². The van der Waals surface area contributed by atoms with Crippen LogP contribution in [0, 0.1) is 0 Å². The minimum Gasteiger partial charge on any atom is -0.388 e. The molecule has 2 rings (SSSR count). The van der Waals surface area contributed by atoms with Crippen molar-refractivity contribution in [3.8, 4) is 0 Å². The van der Waals surface area contributed by atoms with Gasteiger partial charge in [0.25, 0.3) is 0 Å². The molecule has 1 heterocycles. The summed E-state index contributed by atoms with van der Waals surface area (Å²) in [5.41, 5.74) is 0.836. The molecule has 0 aromatic heterocycles. The monoisotopic (exact) mass is 371 g/mol. The van der Waals surface area contributed by atoms with Gasteiger partial charge in [0.1, 0.15) is 6.61 Å². The average molecular weight is 372 g/mol. The number of urea groups is 1. The molecule has 138 valence electrons. The standard InChI is InChI=1S/C16H22ClN3O5/c1-3-20(13-7-25-8-14(13)21)16(23)19-12-6-10(4-5-11(12)17)18-15(22)9-24-2/h4-6,13-14,21H,3,7-9H2,1-2H3,(H,18,22)(H,19,23)/t13-,14-/m0/s1. The second-order valence-electron chi connectivity index (χ2n) is 5.56. The van der Waals surface area contributed by atoms with Crippen LogP contribution in [-0.2, 0) is 14.3 Å². The van der Waals surface area contributed by atoms with Gasteiger partial charge in [-0.3, -0.25) is 4.79 Å². The summed E-state index contributed by atoms with van der Waals surface area (Å²) in [6.45, 7) is 2.62. The lowest BCUT2D eigenvalue weighted by atomic mass is 10.2. The second kappa shape index (κ2) is 9.00. The number of benzene rings is 1. The van der Waals surface area contributed by atoms with Gasteiger partial charge >= 0.3 is 6.03 Å². The van der Waals surface area contributed by atoms with Gasteiger partial charge in [0.15, 0.2) is 0 Å². The quantitative estimate of drug-likeness (QED) is 0.704. The van der Waals surface area contributed by atoms with Gasteiger partial charge in [-0.2, -0.15) is 0 Å². The van der Waals surface area contributed by atoms with Crippen LogP contribution in [0.3, 0.4) is 0 Å². The number of amides is 3. The van der Waals surface area contributed by atoms with Crippen LogP contribution in [-0.4, -0.2) is 67.6 Å². The molecule has 25 heavy (non-hydrogen) atoms. The maximum atomic E-state index is 12.5. The van der Waals surface area contributed by atoms with E-state index in [0.29, 0.717) is 22.9 Å². The number of aliphatic hydroxyl groups is 1. The molecule has 9 heteroatoms. The Kier molecular flexibility index (Phi) is 7.01. The van der Waals surface area contributed by atoms with Crippen molar-refractivity contribution in [1.82, 2.24) is 4.90 Å². The number of nitrogens with one attached hydrogen (secondary N) is 2. The Morgan fingerprint density at radius 2 is 2.16 bits per heavy atom. The van der Waals surface area contributed by atoms with E-state index in [2.05, 4.69) is 10.6 Å². The molecule has 0 radical (unpaired) electrons. The van der Waals surface area contributed by atoms with Crippen molar-refractivity contribution in [2.45, 2.75) is 19.1 Å². The average Bonchev–Trinajstić information content (AvgIpc) is 2.97. The van der Waals surface area contributed by atoms with E-state index in [1.54, 1.807) is 18.2 Å². The lowest BCUT2D eigenvalue weighted by Gasteiger charge is -2.29. The normalized spacial score (nSPS) is 19.5. The van der Waals surface area contributed by atoms with Gasteiger partial charge in [0.2, 0.25) is 5.91 Å². The van der Waals surface area contributed by atoms with Crippen LogP contribution in [0.4, 0.5) is 16.2 Å². The molecule has 2 atom stereocenters. The predicted molar refractivity (Wildman–Crippen MR) is 94.0 cm³/mol. The molecular formula is C16H22ClN3O5. The third kappa shape index (κ3) is 5.05. The molecule has 0 spiro atoms. The van der Waals surface area contributed by atoms with Gasteiger partial charge in [-0.05, 0) is 25.1 Å². The highest BCUT2D eigenvalue weighted by atomic mass is 35.5. The highest BCUT2D eigenvalue weighted by Gasteiger charge is 2.33. The summed E-state index contributed by atoms with van der Waals surface area (Å²) in [5, 5.41) is 15.6. The number of carbonyl (C=O) groups excluding carboxylic acids is 2. The van der Waals surface area contributed by atoms with Crippen LogP contribution in [0.2, 0.25) is 5.02 Å². The van der Waals surface area contributed by atoms with E-state index >= 15 is 0 Å². The summed E-state index contributed by atoms with van der Waals surface area (Å²) in [5.74, 6) is -0.316.